The molecule has 0 aliphatic carbocycles. The summed E-state index contributed by atoms with van der Waals surface area (Å²) >= 11 is 5.93. The third-order valence-electron chi connectivity index (χ3n) is 3.16. The molecule has 1 aliphatic heterocycles. The van der Waals surface area contributed by atoms with Crippen molar-refractivity contribution in [3.05, 3.63) is 23.9 Å². The van der Waals surface area contributed by atoms with E-state index in [-0.39, 0.29) is 0 Å². The van der Waals surface area contributed by atoms with Gasteiger partial charge in [-0.25, -0.2) is 4.98 Å². The maximum atomic E-state index is 5.93. The van der Waals surface area contributed by atoms with Crippen molar-refractivity contribution >= 4 is 17.4 Å². The van der Waals surface area contributed by atoms with Crippen molar-refractivity contribution in [2.24, 2.45) is 5.92 Å². The number of nitrogens with zero attached hydrogens (tertiary/aromatic N) is 2. The zero-order valence-corrected chi connectivity index (χ0v) is 11.0. The van der Waals surface area contributed by atoms with Crippen LogP contribution in [0, 0.1) is 5.92 Å². The Morgan fingerprint density at radius 2 is 2.47 bits per heavy atom. The molecular formula is C13H19ClN2O. The minimum atomic E-state index is 0.509. The first-order valence-corrected chi connectivity index (χ1v) is 6.63. The molecule has 0 amide bonds. The predicted molar refractivity (Wildman–Crippen MR) is 70.6 cm³/mol. The van der Waals surface area contributed by atoms with Gasteiger partial charge in [0.1, 0.15) is 5.82 Å². The summed E-state index contributed by atoms with van der Waals surface area (Å²) in [5, 5.41) is 0. The fourth-order valence-corrected chi connectivity index (χ4v) is 2.51. The highest BCUT2D eigenvalue weighted by molar-refractivity contribution is 6.17. The van der Waals surface area contributed by atoms with Gasteiger partial charge in [-0.2, -0.15) is 0 Å². The molecule has 0 saturated carbocycles. The Kier molecular flexibility index (Phi) is 4.63. The van der Waals surface area contributed by atoms with Gasteiger partial charge in [0.25, 0.3) is 0 Å². The van der Waals surface area contributed by atoms with E-state index in [0.29, 0.717) is 11.8 Å². The first-order chi connectivity index (χ1) is 8.31. The monoisotopic (exact) mass is 254 g/mol. The lowest BCUT2D eigenvalue weighted by Crippen LogP contribution is -2.31. The van der Waals surface area contributed by atoms with Gasteiger partial charge in [0, 0.05) is 32.0 Å². The minimum Gasteiger partial charge on any atom is -0.381 e. The third kappa shape index (κ3) is 3.33. The molecule has 1 aromatic rings. The smallest absolute Gasteiger partial charge is 0.132 e. The predicted octanol–water partition coefficient (Wildman–Crippen LogP) is 2.68. The van der Waals surface area contributed by atoms with Gasteiger partial charge in [-0.05, 0) is 24.8 Å². The quantitative estimate of drug-likeness (QED) is 0.773. The summed E-state index contributed by atoms with van der Waals surface area (Å²) in [6.07, 6.45) is 4.23. The highest BCUT2D eigenvalue weighted by atomic mass is 35.5. The first kappa shape index (κ1) is 12.7. The first-order valence-electron chi connectivity index (χ1n) is 6.10. The maximum absolute atomic E-state index is 5.93. The van der Waals surface area contributed by atoms with Crippen molar-refractivity contribution in [2.45, 2.75) is 18.7 Å². The van der Waals surface area contributed by atoms with Crippen LogP contribution in [-0.4, -0.2) is 31.8 Å². The molecule has 2 rings (SSSR count). The zero-order valence-electron chi connectivity index (χ0n) is 10.2. The Morgan fingerprint density at radius 1 is 1.59 bits per heavy atom. The van der Waals surface area contributed by atoms with Crippen LogP contribution in [0.3, 0.4) is 0 Å². The lowest BCUT2D eigenvalue weighted by Gasteiger charge is -2.28. The van der Waals surface area contributed by atoms with Crippen LogP contribution in [-0.2, 0) is 10.6 Å². The zero-order chi connectivity index (χ0) is 12.1. The van der Waals surface area contributed by atoms with Crippen molar-refractivity contribution in [1.82, 2.24) is 4.98 Å². The number of alkyl halides is 1. The van der Waals surface area contributed by atoms with E-state index in [1.165, 1.54) is 12.8 Å². The van der Waals surface area contributed by atoms with Crippen LogP contribution in [0.25, 0.3) is 0 Å². The molecule has 0 N–H and O–H groups in total. The summed E-state index contributed by atoms with van der Waals surface area (Å²) in [6.45, 7) is 2.77. The number of hydrogen-bond donors (Lipinski definition) is 0. The SMILES string of the molecule is CN(CC1CCCOC1)c1ncccc1CCl. The molecule has 1 saturated heterocycles. The molecule has 1 aromatic heterocycles. The van der Waals surface area contributed by atoms with E-state index >= 15 is 0 Å². The second-order valence-electron chi connectivity index (χ2n) is 4.58. The summed E-state index contributed by atoms with van der Waals surface area (Å²) in [4.78, 5) is 6.61. The van der Waals surface area contributed by atoms with Gasteiger partial charge in [0.05, 0.1) is 12.5 Å². The van der Waals surface area contributed by atoms with Crippen molar-refractivity contribution in [2.75, 3.05) is 31.7 Å². The van der Waals surface area contributed by atoms with E-state index in [9.17, 15) is 0 Å². The Morgan fingerprint density at radius 3 is 3.18 bits per heavy atom. The third-order valence-corrected chi connectivity index (χ3v) is 3.45. The van der Waals surface area contributed by atoms with Crippen LogP contribution >= 0.6 is 11.6 Å². The lowest BCUT2D eigenvalue weighted by molar-refractivity contribution is 0.0576. The van der Waals surface area contributed by atoms with E-state index in [1.54, 1.807) is 0 Å². The molecule has 1 unspecified atom stereocenters. The molecular weight excluding hydrogens is 236 g/mol. The number of ether oxygens (including phenoxy) is 1. The van der Waals surface area contributed by atoms with Gasteiger partial charge < -0.3 is 9.64 Å². The molecule has 0 radical (unpaired) electrons. The average molecular weight is 255 g/mol. The normalized spacial score (nSPS) is 20.2. The van der Waals surface area contributed by atoms with E-state index in [0.717, 1.165) is 31.1 Å². The highest BCUT2D eigenvalue weighted by Crippen LogP contribution is 2.21. The summed E-state index contributed by atoms with van der Waals surface area (Å²) in [5.74, 6) is 2.11. The maximum Gasteiger partial charge on any atom is 0.132 e. The number of halogens is 1. The van der Waals surface area contributed by atoms with Gasteiger partial charge in [-0.3, -0.25) is 0 Å². The summed E-state index contributed by atoms with van der Waals surface area (Å²) < 4.78 is 5.50. The van der Waals surface area contributed by atoms with Crippen LogP contribution < -0.4 is 4.90 Å². The second kappa shape index (κ2) is 6.22. The Balaban J connectivity index is 2.00. The molecule has 17 heavy (non-hydrogen) atoms. The fraction of sp³-hybridized carbons (Fsp3) is 0.615. The van der Waals surface area contributed by atoms with E-state index in [1.807, 2.05) is 18.3 Å². The van der Waals surface area contributed by atoms with Crippen LogP contribution in [0.1, 0.15) is 18.4 Å². The Labute approximate surface area is 108 Å². The van der Waals surface area contributed by atoms with Gasteiger partial charge in [0.15, 0.2) is 0 Å². The van der Waals surface area contributed by atoms with Crippen molar-refractivity contribution in [3.63, 3.8) is 0 Å². The summed E-state index contributed by atoms with van der Waals surface area (Å²) in [5.41, 5.74) is 1.09. The Hall–Kier alpha value is -0.800. The van der Waals surface area contributed by atoms with Crippen molar-refractivity contribution in [3.8, 4) is 0 Å². The Bertz CT molecular complexity index is 353. The molecule has 4 heteroatoms. The summed E-state index contributed by atoms with van der Waals surface area (Å²) in [7, 11) is 2.08. The number of hydrogen-bond acceptors (Lipinski definition) is 3. The van der Waals surface area contributed by atoms with Crippen molar-refractivity contribution in [1.29, 1.82) is 0 Å². The standard InChI is InChI=1S/C13H19ClN2O/c1-16(9-11-4-3-7-17-10-11)13-12(8-14)5-2-6-15-13/h2,5-6,11H,3-4,7-10H2,1H3. The molecule has 0 aromatic carbocycles. The van der Waals surface area contributed by atoms with Crippen LogP contribution in [0.15, 0.2) is 18.3 Å². The molecule has 1 atom stereocenters. The van der Waals surface area contributed by atoms with Crippen molar-refractivity contribution < 1.29 is 4.74 Å². The van der Waals surface area contributed by atoms with E-state index < -0.39 is 0 Å². The van der Waals surface area contributed by atoms with Gasteiger partial charge in [0.2, 0.25) is 0 Å². The minimum absolute atomic E-state index is 0.509. The molecule has 0 bridgehead atoms. The fourth-order valence-electron chi connectivity index (χ4n) is 2.30. The molecule has 94 valence electrons. The average Bonchev–Trinajstić information content (AvgIpc) is 2.40. The van der Waals surface area contributed by atoms with Gasteiger partial charge >= 0.3 is 0 Å². The number of anilines is 1. The second-order valence-corrected chi connectivity index (χ2v) is 4.85. The molecule has 3 nitrogen and oxygen atoms in total. The lowest BCUT2D eigenvalue weighted by atomic mass is 10.0. The van der Waals surface area contributed by atoms with Crippen LogP contribution in [0.5, 0.6) is 0 Å². The van der Waals surface area contributed by atoms with Crippen LogP contribution in [0.4, 0.5) is 5.82 Å². The van der Waals surface area contributed by atoms with E-state index in [2.05, 4.69) is 16.9 Å². The number of pyridine rings is 1. The summed E-state index contributed by atoms with van der Waals surface area (Å²) in [6, 6.07) is 3.96. The molecule has 2 heterocycles. The number of aromatic nitrogens is 1. The number of rotatable bonds is 4. The molecule has 1 fully saturated rings. The highest BCUT2D eigenvalue weighted by Gasteiger charge is 2.17. The largest absolute Gasteiger partial charge is 0.381 e. The van der Waals surface area contributed by atoms with Gasteiger partial charge in [-0.1, -0.05) is 6.07 Å². The van der Waals surface area contributed by atoms with Gasteiger partial charge in [-0.15, -0.1) is 11.6 Å². The van der Waals surface area contributed by atoms with E-state index in [4.69, 9.17) is 16.3 Å². The van der Waals surface area contributed by atoms with Crippen LogP contribution in [0.2, 0.25) is 0 Å². The molecule has 1 aliphatic rings. The topological polar surface area (TPSA) is 25.4 Å². The molecule has 0 spiro atoms.